The molecule has 0 bridgehead atoms. The topological polar surface area (TPSA) is 16.1 Å². The number of rotatable bonds is 7. The Morgan fingerprint density at radius 3 is 2.60 bits per heavy atom. The Labute approximate surface area is 130 Å². The van der Waals surface area contributed by atoms with Crippen molar-refractivity contribution < 1.29 is 0 Å². The molecule has 0 spiro atoms. The van der Waals surface area contributed by atoms with Crippen LogP contribution in [0.4, 0.5) is 5.69 Å². The Morgan fingerprint density at radius 2 is 1.95 bits per heavy atom. The van der Waals surface area contributed by atoms with Crippen LogP contribution in [-0.2, 0) is 12.3 Å². The number of alkyl halides is 1. The Bertz CT molecular complexity index is 522. The predicted molar refractivity (Wildman–Crippen MR) is 89.1 cm³/mol. The maximum Gasteiger partial charge on any atom is 0.0928 e. The zero-order chi connectivity index (χ0) is 14.4. The summed E-state index contributed by atoms with van der Waals surface area (Å²) in [4.78, 5) is 6.80. The van der Waals surface area contributed by atoms with Gasteiger partial charge < -0.3 is 4.90 Å². The molecule has 0 aliphatic carbocycles. The van der Waals surface area contributed by atoms with E-state index < -0.39 is 0 Å². The first-order valence-electron chi connectivity index (χ1n) is 6.96. The Balaban J connectivity index is 1.71. The third-order valence-electron chi connectivity index (χ3n) is 3.35. The van der Waals surface area contributed by atoms with E-state index in [0.29, 0.717) is 5.88 Å². The Kier molecular flexibility index (Phi) is 5.86. The standard InChI is InChI=1S/C16H21ClN2S/c1-13-6-8-15(9-7-13)19(2)10-4-3-5-16-18-14(11-17)12-20-16/h6-9,12H,3-5,10-11H2,1-2H3. The first-order chi connectivity index (χ1) is 9.69. The molecule has 0 radical (unpaired) electrons. The van der Waals surface area contributed by atoms with E-state index in [1.54, 1.807) is 11.3 Å². The molecule has 0 atom stereocenters. The number of hydrogen-bond acceptors (Lipinski definition) is 3. The zero-order valence-corrected chi connectivity index (χ0v) is 13.7. The molecule has 2 rings (SSSR count). The van der Waals surface area contributed by atoms with E-state index in [9.17, 15) is 0 Å². The molecule has 0 fully saturated rings. The van der Waals surface area contributed by atoms with Crippen LogP contribution in [0.25, 0.3) is 0 Å². The minimum Gasteiger partial charge on any atom is -0.375 e. The summed E-state index contributed by atoms with van der Waals surface area (Å²) in [5.41, 5.74) is 3.60. The summed E-state index contributed by atoms with van der Waals surface area (Å²) in [7, 11) is 2.15. The molecule has 1 heterocycles. The average Bonchev–Trinajstić information content (AvgIpc) is 2.92. The summed E-state index contributed by atoms with van der Waals surface area (Å²) in [6.45, 7) is 3.20. The van der Waals surface area contributed by atoms with Crippen LogP contribution in [0.2, 0.25) is 0 Å². The highest BCUT2D eigenvalue weighted by atomic mass is 35.5. The van der Waals surface area contributed by atoms with Gasteiger partial charge in [-0.25, -0.2) is 4.98 Å². The second-order valence-corrected chi connectivity index (χ2v) is 6.29. The lowest BCUT2D eigenvalue weighted by Gasteiger charge is -2.19. The highest BCUT2D eigenvalue weighted by Gasteiger charge is 2.03. The molecular formula is C16H21ClN2S. The molecule has 0 aliphatic heterocycles. The molecule has 108 valence electrons. The van der Waals surface area contributed by atoms with Crippen LogP contribution in [0, 0.1) is 6.92 Å². The van der Waals surface area contributed by atoms with Gasteiger partial charge in [0.2, 0.25) is 0 Å². The predicted octanol–water partition coefficient (Wildman–Crippen LogP) is 4.65. The summed E-state index contributed by atoms with van der Waals surface area (Å²) >= 11 is 7.48. The molecule has 2 aromatic rings. The summed E-state index contributed by atoms with van der Waals surface area (Å²) in [6, 6.07) is 8.69. The quantitative estimate of drug-likeness (QED) is 0.547. The van der Waals surface area contributed by atoms with Gasteiger partial charge in [0.1, 0.15) is 0 Å². The third-order valence-corrected chi connectivity index (χ3v) is 4.58. The Morgan fingerprint density at radius 1 is 1.20 bits per heavy atom. The van der Waals surface area contributed by atoms with Gasteiger partial charge in [-0.15, -0.1) is 22.9 Å². The van der Waals surface area contributed by atoms with Crippen molar-refractivity contribution in [2.75, 3.05) is 18.5 Å². The summed E-state index contributed by atoms with van der Waals surface area (Å²) in [5.74, 6) is 0.520. The molecule has 0 saturated carbocycles. The van der Waals surface area contributed by atoms with Crippen LogP contribution in [-0.4, -0.2) is 18.6 Å². The van der Waals surface area contributed by atoms with Gasteiger partial charge in [-0.05, 0) is 38.3 Å². The van der Waals surface area contributed by atoms with Crippen LogP contribution in [0.15, 0.2) is 29.6 Å². The van der Waals surface area contributed by atoms with Gasteiger partial charge in [0, 0.05) is 24.7 Å². The highest BCUT2D eigenvalue weighted by molar-refractivity contribution is 7.09. The number of anilines is 1. The van der Waals surface area contributed by atoms with Crippen molar-refractivity contribution in [1.29, 1.82) is 0 Å². The maximum atomic E-state index is 5.76. The summed E-state index contributed by atoms with van der Waals surface area (Å²) in [6.07, 6.45) is 3.41. The second kappa shape index (κ2) is 7.65. The zero-order valence-electron chi connectivity index (χ0n) is 12.1. The first-order valence-corrected chi connectivity index (χ1v) is 8.37. The fourth-order valence-corrected chi connectivity index (χ4v) is 3.15. The van der Waals surface area contributed by atoms with Crippen LogP contribution in [0.1, 0.15) is 29.1 Å². The fraction of sp³-hybridized carbons (Fsp3) is 0.438. The van der Waals surface area contributed by atoms with Crippen molar-refractivity contribution in [3.05, 3.63) is 45.9 Å². The van der Waals surface area contributed by atoms with E-state index in [-0.39, 0.29) is 0 Å². The van der Waals surface area contributed by atoms with Crippen molar-refractivity contribution >= 4 is 28.6 Å². The number of hydrogen-bond donors (Lipinski definition) is 0. The van der Waals surface area contributed by atoms with E-state index >= 15 is 0 Å². The number of benzene rings is 1. The second-order valence-electron chi connectivity index (χ2n) is 5.08. The lowest BCUT2D eigenvalue weighted by Crippen LogP contribution is -2.18. The molecule has 1 aromatic carbocycles. The smallest absolute Gasteiger partial charge is 0.0928 e. The number of unbranched alkanes of at least 4 members (excludes halogenated alkanes) is 1. The van der Waals surface area contributed by atoms with Gasteiger partial charge in [0.15, 0.2) is 0 Å². The molecule has 0 amide bonds. The number of aryl methyl sites for hydroxylation is 2. The Hall–Kier alpha value is -1.06. The number of halogens is 1. The third kappa shape index (κ3) is 4.50. The van der Waals surface area contributed by atoms with E-state index in [2.05, 4.69) is 53.5 Å². The lowest BCUT2D eigenvalue weighted by atomic mass is 10.2. The normalized spacial score (nSPS) is 10.8. The molecule has 4 heteroatoms. The van der Waals surface area contributed by atoms with Gasteiger partial charge in [-0.3, -0.25) is 0 Å². The maximum absolute atomic E-state index is 5.76. The average molecular weight is 309 g/mol. The van der Waals surface area contributed by atoms with Crippen molar-refractivity contribution in [1.82, 2.24) is 4.98 Å². The molecule has 0 aliphatic rings. The molecule has 20 heavy (non-hydrogen) atoms. The fourth-order valence-electron chi connectivity index (χ4n) is 2.08. The first kappa shape index (κ1) is 15.3. The van der Waals surface area contributed by atoms with Crippen LogP contribution >= 0.6 is 22.9 Å². The van der Waals surface area contributed by atoms with Crippen molar-refractivity contribution in [2.45, 2.75) is 32.1 Å². The highest BCUT2D eigenvalue weighted by Crippen LogP contribution is 2.16. The van der Waals surface area contributed by atoms with Gasteiger partial charge >= 0.3 is 0 Å². The van der Waals surface area contributed by atoms with Gasteiger partial charge in [0.25, 0.3) is 0 Å². The molecule has 1 aromatic heterocycles. The molecule has 2 nitrogen and oxygen atoms in total. The van der Waals surface area contributed by atoms with Crippen LogP contribution < -0.4 is 4.90 Å². The summed E-state index contributed by atoms with van der Waals surface area (Å²) < 4.78 is 0. The largest absolute Gasteiger partial charge is 0.375 e. The molecule has 0 unspecified atom stereocenters. The van der Waals surface area contributed by atoms with E-state index in [0.717, 1.165) is 18.7 Å². The van der Waals surface area contributed by atoms with Crippen molar-refractivity contribution in [3.63, 3.8) is 0 Å². The minimum absolute atomic E-state index is 0.520. The molecule has 0 N–H and O–H groups in total. The SMILES string of the molecule is Cc1ccc(N(C)CCCCc2nc(CCl)cs2)cc1. The molecular weight excluding hydrogens is 288 g/mol. The number of nitrogens with zero attached hydrogens (tertiary/aromatic N) is 2. The number of thiazole rings is 1. The molecule has 0 saturated heterocycles. The number of aromatic nitrogens is 1. The van der Waals surface area contributed by atoms with Crippen LogP contribution in [0.3, 0.4) is 0 Å². The van der Waals surface area contributed by atoms with Crippen LogP contribution in [0.5, 0.6) is 0 Å². The van der Waals surface area contributed by atoms with E-state index in [1.165, 1.54) is 29.1 Å². The minimum atomic E-state index is 0.520. The van der Waals surface area contributed by atoms with Crippen molar-refractivity contribution in [3.8, 4) is 0 Å². The lowest BCUT2D eigenvalue weighted by molar-refractivity contribution is 0.716. The van der Waals surface area contributed by atoms with Gasteiger partial charge in [-0.1, -0.05) is 17.7 Å². The van der Waals surface area contributed by atoms with Gasteiger partial charge in [-0.2, -0.15) is 0 Å². The van der Waals surface area contributed by atoms with E-state index in [4.69, 9.17) is 11.6 Å². The van der Waals surface area contributed by atoms with E-state index in [1.807, 2.05) is 0 Å². The van der Waals surface area contributed by atoms with Crippen molar-refractivity contribution in [2.24, 2.45) is 0 Å². The van der Waals surface area contributed by atoms with Gasteiger partial charge in [0.05, 0.1) is 16.6 Å². The monoisotopic (exact) mass is 308 g/mol. The summed E-state index contributed by atoms with van der Waals surface area (Å²) in [5, 5.41) is 3.26.